The zero-order valence-corrected chi connectivity index (χ0v) is 15.6. The van der Waals surface area contributed by atoms with Gasteiger partial charge in [0.2, 0.25) is 5.91 Å². The standard InChI is InChI=1S/C19H20N2O4S/c1-19(2)12-17(22)21(20-18(23)13-7-5-4-6-8-13)16-11-14(26(3,24)25)9-10-15(16)19/h4-11H,12H2,1-3H3,(H,20,23). The summed E-state index contributed by atoms with van der Waals surface area (Å²) in [7, 11) is -3.45. The fraction of sp³-hybridized carbons (Fsp3) is 0.263. The van der Waals surface area contributed by atoms with Gasteiger partial charge in [-0.15, -0.1) is 0 Å². The number of fused-ring (bicyclic) bond motifs is 1. The molecule has 3 rings (SSSR count). The topological polar surface area (TPSA) is 83.6 Å². The minimum absolute atomic E-state index is 0.0979. The van der Waals surface area contributed by atoms with E-state index in [1.54, 1.807) is 36.4 Å². The van der Waals surface area contributed by atoms with Crippen molar-refractivity contribution >= 4 is 27.3 Å². The molecule has 7 heteroatoms. The summed E-state index contributed by atoms with van der Waals surface area (Å²) in [6.45, 7) is 3.83. The average Bonchev–Trinajstić information content (AvgIpc) is 2.57. The van der Waals surface area contributed by atoms with E-state index in [-0.39, 0.29) is 17.2 Å². The summed E-state index contributed by atoms with van der Waals surface area (Å²) in [5.74, 6) is -0.730. The lowest BCUT2D eigenvalue weighted by atomic mass is 9.78. The van der Waals surface area contributed by atoms with E-state index in [2.05, 4.69) is 5.43 Å². The van der Waals surface area contributed by atoms with Crippen LogP contribution in [0.4, 0.5) is 5.69 Å². The predicted octanol–water partition coefficient (Wildman–Crippen LogP) is 2.45. The Hall–Kier alpha value is -2.67. The Morgan fingerprint density at radius 1 is 1.12 bits per heavy atom. The van der Waals surface area contributed by atoms with Crippen molar-refractivity contribution in [2.24, 2.45) is 0 Å². The number of anilines is 1. The van der Waals surface area contributed by atoms with Gasteiger partial charge in [-0.3, -0.25) is 15.0 Å². The summed E-state index contributed by atoms with van der Waals surface area (Å²) in [4.78, 5) is 25.2. The molecule has 0 radical (unpaired) electrons. The maximum Gasteiger partial charge on any atom is 0.270 e. The van der Waals surface area contributed by atoms with Crippen LogP contribution in [0.1, 0.15) is 36.2 Å². The van der Waals surface area contributed by atoms with E-state index in [9.17, 15) is 18.0 Å². The lowest BCUT2D eigenvalue weighted by molar-refractivity contribution is -0.120. The maximum atomic E-state index is 12.7. The molecule has 1 heterocycles. The van der Waals surface area contributed by atoms with Crippen LogP contribution in [0.3, 0.4) is 0 Å². The molecule has 26 heavy (non-hydrogen) atoms. The molecule has 2 aromatic rings. The second kappa shape index (κ2) is 6.25. The Balaban J connectivity index is 2.06. The van der Waals surface area contributed by atoms with Gasteiger partial charge in [0.05, 0.1) is 10.6 Å². The summed E-state index contributed by atoms with van der Waals surface area (Å²) in [6, 6.07) is 13.2. The van der Waals surface area contributed by atoms with Gasteiger partial charge in [0.15, 0.2) is 9.84 Å². The van der Waals surface area contributed by atoms with Crippen molar-refractivity contribution in [3.05, 3.63) is 59.7 Å². The van der Waals surface area contributed by atoms with Crippen LogP contribution in [0.15, 0.2) is 53.4 Å². The van der Waals surface area contributed by atoms with Crippen LogP contribution in [0, 0.1) is 0 Å². The van der Waals surface area contributed by atoms with E-state index < -0.39 is 21.2 Å². The molecule has 0 aromatic heterocycles. The molecule has 136 valence electrons. The van der Waals surface area contributed by atoms with Crippen molar-refractivity contribution in [1.82, 2.24) is 5.43 Å². The van der Waals surface area contributed by atoms with E-state index in [4.69, 9.17) is 0 Å². The quantitative estimate of drug-likeness (QED) is 0.897. The van der Waals surface area contributed by atoms with E-state index >= 15 is 0 Å². The van der Waals surface area contributed by atoms with Crippen LogP contribution in [-0.2, 0) is 20.0 Å². The van der Waals surface area contributed by atoms with Crippen molar-refractivity contribution in [1.29, 1.82) is 0 Å². The van der Waals surface area contributed by atoms with Gasteiger partial charge in [-0.25, -0.2) is 13.4 Å². The number of nitrogens with zero attached hydrogens (tertiary/aromatic N) is 1. The third kappa shape index (κ3) is 3.35. The zero-order valence-electron chi connectivity index (χ0n) is 14.8. The van der Waals surface area contributed by atoms with Crippen molar-refractivity contribution in [2.45, 2.75) is 30.6 Å². The highest BCUT2D eigenvalue weighted by Gasteiger charge is 2.38. The number of benzene rings is 2. The summed E-state index contributed by atoms with van der Waals surface area (Å²) in [5.41, 5.74) is 3.75. The molecule has 2 aromatic carbocycles. The molecule has 0 atom stereocenters. The van der Waals surface area contributed by atoms with Gasteiger partial charge in [-0.05, 0) is 29.8 Å². The van der Waals surface area contributed by atoms with Gasteiger partial charge < -0.3 is 0 Å². The Labute approximate surface area is 152 Å². The lowest BCUT2D eigenvalue weighted by Crippen LogP contribution is -2.51. The highest BCUT2D eigenvalue weighted by molar-refractivity contribution is 7.90. The van der Waals surface area contributed by atoms with Crippen molar-refractivity contribution in [2.75, 3.05) is 11.3 Å². The van der Waals surface area contributed by atoms with Crippen LogP contribution in [0.25, 0.3) is 0 Å². The molecule has 0 bridgehead atoms. The number of sulfone groups is 1. The number of carbonyl (C=O) groups is 2. The molecule has 1 aliphatic rings. The minimum Gasteiger partial charge on any atom is -0.273 e. The molecule has 0 aliphatic carbocycles. The fourth-order valence-electron chi connectivity index (χ4n) is 3.06. The molecule has 0 spiro atoms. The second-order valence-corrected chi connectivity index (χ2v) is 9.06. The molecular formula is C19H20N2O4S. The molecule has 1 N–H and O–H groups in total. The Morgan fingerprint density at radius 3 is 2.38 bits per heavy atom. The maximum absolute atomic E-state index is 12.7. The highest BCUT2D eigenvalue weighted by atomic mass is 32.2. The first-order chi connectivity index (χ1) is 12.1. The molecule has 0 saturated carbocycles. The number of hydrazine groups is 1. The number of nitrogens with one attached hydrogen (secondary N) is 1. The Kier molecular flexibility index (Phi) is 4.36. The van der Waals surface area contributed by atoms with E-state index in [1.807, 2.05) is 13.8 Å². The van der Waals surface area contributed by atoms with Gasteiger partial charge in [0.25, 0.3) is 5.91 Å². The van der Waals surface area contributed by atoms with Gasteiger partial charge in [-0.2, -0.15) is 0 Å². The first kappa shape index (κ1) is 18.1. The molecule has 6 nitrogen and oxygen atoms in total. The average molecular weight is 372 g/mol. The number of carbonyl (C=O) groups excluding carboxylic acids is 2. The normalized spacial score (nSPS) is 16.1. The number of hydrogen-bond donors (Lipinski definition) is 1. The summed E-state index contributed by atoms with van der Waals surface area (Å²) >= 11 is 0. The molecule has 2 amide bonds. The van der Waals surface area contributed by atoms with Crippen molar-refractivity contribution in [3.8, 4) is 0 Å². The number of hydrogen-bond acceptors (Lipinski definition) is 4. The summed E-state index contributed by atoms with van der Waals surface area (Å²) in [5, 5.41) is 1.16. The van der Waals surface area contributed by atoms with Gasteiger partial charge in [0, 0.05) is 23.7 Å². The SMILES string of the molecule is CC1(C)CC(=O)N(NC(=O)c2ccccc2)c2cc(S(C)(=O)=O)ccc21. The number of amides is 2. The van der Waals surface area contributed by atoms with Crippen molar-refractivity contribution in [3.63, 3.8) is 0 Å². The first-order valence-corrected chi connectivity index (χ1v) is 10.0. The third-order valence-electron chi connectivity index (χ3n) is 4.46. The fourth-order valence-corrected chi connectivity index (χ4v) is 3.71. The van der Waals surface area contributed by atoms with E-state index in [1.165, 1.54) is 12.1 Å². The van der Waals surface area contributed by atoms with E-state index in [0.717, 1.165) is 16.8 Å². The van der Waals surface area contributed by atoms with Crippen LogP contribution in [0.2, 0.25) is 0 Å². The van der Waals surface area contributed by atoms with Crippen LogP contribution in [-0.4, -0.2) is 26.5 Å². The molecular weight excluding hydrogens is 352 g/mol. The zero-order chi connectivity index (χ0) is 19.1. The number of rotatable bonds is 3. The van der Waals surface area contributed by atoms with Gasteiger partial charge in [0.1, 0.15) is 0 Å². The molecule has 0 unspecified atom stereocenters. The van der Waals surface area contributed by atoms with Crippen LogP contribution < -0.4 is 10.4 Å². The lowest BCUT2D eigenvalue weighted by Gasteiger charge is -2.38. The smallest absolute Gasteiger partial charge is 0.270 e. The summed E-state index contributed by atoms with van der Waals surface area (Å²) < 4.78 is 23.8. The summed E-state index contributed by atoms with van der Waals surface area (Å²) in [6.07, 6.45) is 1.31. The van der Waals surface area contributed by atoms with Crippen LogP contribution in [0.5, 0.6) is 0 Å². The van der Waals surface area contributed by atoms with E-state index in [0.29, 0.717) is 11.3 Å². The Bertz CT molecular complexity index is 982. The Morgan fingerprint density at radius 2 is 1.77 bits per heavy atom. The predicted molar refractivity (Wildman–Crippen MR) is 98.6 cm³/mol. The largest absolute Gasteiger partial charge is 0.273 e. The van der Waals surface area contributed by atoms with Gasteiger partial charge in [-0.1, -0.05) is 38.1 Å². The highest BCUT2D eigenvalue weighted by Crippen LogP contribution is 2.40. The van der Waals surface area contributed by atoms with Crippen LogP contribution >= 0.6 is 0 Å². The minimum atomic E-state index is -3.45. The van der Waals surface area contributed by atoms with Gasteiger partial charge >= 0.3 is 0 Å². The van der Waals surface area contributed by atoms with Crippen molar-refractivity contribution < 1.29 is 18.0 Å². The molecule has 0 saturated heterocycles. The monoisotopic (exact) mass is 372 g/mol. The second-order valence-electron chi connectivity index (χ2n) is 7.05. The molecule has 1 aliphatic heterocycles. The first-order valence-electron chi connectivity index (χ1n) is 8.13. The molecule has 0 fully saturated rings. The third-order valence-corrected chi connectivity index (χ3v) is 5.57.